The Morgan fingerprint density at radius 1 is 1.56 bits per heavy atom. The second kappa shape index (κ2) is 5.97. The molecule has 1 aromatic heterocycles. The van der Waals surface area contributed by atoms with E-state index in [1.165, 1.54) is 0 Å². The normalized spacial score (nSPS) is 17.1. The van der Waals surface area contributed by atoms with Gasteiger partial charge in [-0.05, 0) is 40.0 Å². The Morgan fingerprint density at radius 3 is 2.94 bits per heavy atom. The Labute approximate surface area is 107 Å². The largest absolute Gasteiger partial charge is 0.322 e. The zero-order valence-corrected chi connectivity index (χ0v) is 11.0. The van der Waals surface area contributed by atoms with Crippen molar-refractivity contribution in [2.75, 3.05) is 39.0 Å². The number of anilines is 1. The first-order chi connectivity index (χ1) is 8.65. The molecule has 100 valence electrons. The van der Waals surface area contributed by atoms with Crippen molar-refractivity contribution in [3.8, 4) is 0 Å². The first kappa shape index (κ1) is 13.0. The summed E-state index contributed by atoms with van der Waals surface area (Å²) in [7, 11) is 3.75. The molecule has 0 aromatic carbocycles. The van der Waals surface area contributed by atoms with E-state index in [1.807, 2.05) is 29.9 Å². The van der Waals surface area contributed by atoms with E-state index in [0.29, 0.717) is 12.6 Å². The fourth-order valence-electron chi connectivity index (χ4n) is 2.16. The minimum atomic E-state index is -0.00939. The maximum Gasteiger partial charge on any atom is 0.238 e. The number of rotatable bonds is 4. The van der Waals surface area contributed by atoms with Gasteiger partial charge in [-0.15, -0.1) is 0 Å². The third-order valence-electron chi connectivity index (χ3n) is 3.03. The SMILES string of the molecule is CN(C)CC(=O)Nc1cnn(C2CCNCC2)c1. The van der Waals surface area contributed by atoms with Crippen molar-refractivity contribution in [1.82, 2.24) is 20.0 Å². The summed E-state index contributed by atoms with van der Waals surface area (Å²) in [5.74, 6) is -0.00939. The Kier molecular flexibility index (Phi) is 4.33. The van der Waals surface area contributed by atoms with Gasteiger partial charge in [-0.25, -0.2) is 0 Å². The van der Waals surface area contributed by atoms with Crippen molar-refractivity contribution in [3.05, 3.63) is 12.4 Å². The smallest absolute Gasteiger partial charge is 0.238 e. The van der Waals surface area contributed by atoms with Crippen LogP contribution in [-0.2, 0) is 4.79 Å². The number of nitrogens with one attached hydrogen (secondary N) is 2. The van der Waals surface area contributed by atoms with E-state index >= 15 is 0 Å². The first-order valence-corrected chi connectivity index (χ1v) is 6.34. The molecule has 1 saturated heterocycles. The Hall–Kier alpha value is -1.40. The quantitative estimate of drug-likeness (QED) is 0.808. The predicted molar refractivity (Wildman–Crippen MR) is 70.6 cm³/mol. The topological polar surface area (TPSA) is 62.2 Å². The Bertz CT molecular complexity index is 395. The lowest BCUT2D eigenvalue weighted by molar-refractivity contribution is -0.116. The number of likely N-dealkylation sites (N-methyl/N-ethyl adjacent to an activating group) is 1. The maximum absolute atomic E-state index is 11.6. The lowest BCUT2D eigenvalue weighted by Gasteiger charge is -2.22. The third kappa shape index (κ3) is 3.54. The van der Waals surface area contributed by atoms with Gasteiger partial charge in [0.05, 0.1) is 24.5 Å². The number of piperidine rings is 1. The summed E-state index contributed by atoms with van der Waals surface area (Å²) >= 11 is 0. The number of amides is 1. The fourth-order valence-corrected chi connectivity index (χ4v) is 2.16. The molecule has 6 nitrogen and oxygen atoms in total. The molecule has 0 unspecified atom stereocenters. The monoisotopic (exact) mass is 251 g/mol. The highest BCUT2D eigenvalue weighted by atomic mass is 16.2. The molecule has 0 spiro atoms. The molecule has 18 heavy (non-hydrogen) atoms. The van der Waals surface area contributed by atoms with Crippen LogP contribution in [0.15, 0.2) is 12.4 Å². The van der Waals surface area contributed by atoms with Gasteiger partial charge in [-0.1, -0.05) is 0 Å². The molecule has 0 atom stereocenters. The highest BCUT2D eigenvalue weighted by Crippen LogP contribution is 2.19. The molecule has 0 aliphatic carbocycles. The van der Waals surface area contributed by atoms with Crippen LogP contribution in [0.1, 0.15) is 18.9 Å². The van der Waals surface area contributed by atoms with Crippen molar-refractivity contribution in [3.63, 3.8) is 0 Å². The van der Waals surface area contributed by atoms with Crippen LogP contribution < -0.4 is 10.6 Å². The van der Waals surface area contributed by atoms with Gasteiger partial charge in [0.15, 0.2) is 0 Å². The number of aromatic nitrogens is 2. The van der Waals surface area contributed by atoms with Gasteiger partial charge < -0.3 is 15.5 Å². The van der Waals surface area contributed by atoms with Crippen LogP contribution in [0.4, 0.5) is 5.69 Å². The van der Waals surface area contributed by atoms with Crippen molar-refractivity contribution in [2.45, 2.75) is 18.9 Å². The van der Waals surface area contributed by atoms with Crippen LogP contribution in [0.5, 0.6) is 0 Å². The van der Waals surface area contributed by atoms with Crippen LogP contribution in [-0.4, -0.2) is 54.3 Å². The molecule has 2 N–H and O–H groups in total. The van der Waals surface area contributed by atoms with Crippen LogP contribution >= 0.6 is 0 Å². The van der Waals surface area contributed by atoms with Crippen molar-refractivity contribution in [1.29, 1.82) is 0 Å². The van der Waals surface area contributed by atoms with Gasteiger partial charge >= 0.3 is 0 Å². The second-order valence-electron chi connectivity index (χ2n) is 4.98. The summed E-state index contributed by atoms with van der Waals surface area (Å²) in [5.41, 5.74) is 0.778. The molecular formula is C12H21N5O. The molecule has 2 heterocycles. The summed E-state index contributed by atoms with van der Waals surface area (Å²) in [6, 6.07) is 0.450. The molecule has 0 radical (unpaired) electrons. The van der Waals surface area contributed by atoms with E-state index in [-0.39, 0.29) is 5.91 Å². The lowest BCUT2D eigenvalue weighted by Crippen LogP contribution is -2.29. The van der Waals surface area contributed by atoms with E-state index in [0.717, 1.165) is 31.6 Å². The van der Waals surface area contributed by atoms with E-state index < -0.39 is 0 Å². The highest BCUT2D eigenvalue weighted by Gasteiger charge is 2.16. The van der Waals surface area contributed by atoms with Gasteiger partial charge in [-0.3, -0.25) is 9.48 Å². The summed E-state index contributed by atoms with van der Waals surface area (Å²) in [6.07, 6.45) is 5.82. The molecule has 1 fully saturated rings. The molecule has 0 bridgehead atoms. The molecule has 1 aliphatic heterocycles. The van der Waals surface area contributed by atoms with Crippen LogP contribution in [0, 0.1) is 0 Å². The van der Waals surface area contributed by atoms with Gasteiger partial charge in [0.25, 0.3) is 0 Å². The highest BCUT2D eigenvalue weighted by molar-refractivity contribution is 5.91. The minimum absolute atomic E-state index is 0.00939. The molecule has 1 aromatic rings. The third-order valence-corrected chi connectivity index (χ3v) is 3.03. The van der Waals surface area contributed by atoms with Gasteiger partial charge in [0.1, 0.15) is 0 Å². The molecule has 1 aliphatic rings. The number of hydrogen-bond donors (Lipinski definition) is 2. The molecular weight excluding hydrogens is 230 g/mol. The maximum atomic E-state index is 11.6. The van der Waals surface area contributed by atoms with Crippen LogP contribution in [0.3, 0.4) is 0 Å². The zero-order chi connectivity index (χ0) is 13.0. The summed E-state index contributed by atoms with van der Waals surface area (Å²) < 4.78 is 1.96. The Morgan fingerprint density at radius 2 is 2.28 bits per heavy atom. The van der Waals surface area contributed by atoms with Gasteiger partial charge in [0, 0.05) is 6.20 Å². The zero-order valence-electron chi connectivity index (χ0n) is 11.0. The van der Waals surface area contributed by atoms with E-state index in [1.54, 1.807) is 6.20 Å². The van der Waals surface area contributed by atoms with Crippen molar-refractivity contribution >= 4 is 11.6 Å². The lowest BCUT2D eigenvalue weighted by atomic mass is 10.1. The fraction of sp³-hybridized carbons (Fsp3) is 0.667. The number of carbonyl (C=O) groups excluding carboxylic acids is 1. The van der Waals surface area contributed by atoms with E-state index in [9.17, 15) is 4.79 Å². The van der Waals surface area contributed by atoms with Crippen LogP contribution in [0.2, 0.25) is 0 Å². The minimum Gasteiger partial charge on any atom is -0.322 e. The predicted octanol–water partition coefficient (Wildman–Crippen LogP) is 0.308. The first-order valence-electron chi connectivity index (χ1n) is 6.34. The second-order valence-corrected chi connectivity index (χ2v) is 4.98. The van der Waals surface area contributed by atoms with Crippen molar-refractivity contribution < 1.29 is 4.79 Å². The number of carbonyl (C=O) groups is 1. The molecule has 0 saturated carbocycles. The molecule has 1 amide bonds. The number of hydrogen-bond acceptors (Lipinski definition) is 4. The summed E-state index contributed by atoms with van der Waals surface area (Å²) in [4.78, 5) is 13.4. The Balaban J connectivity index is 1.91. The van der Waals surface area contributed by atoms with E-state index in [4.69, 9.17) is 0 Å². The van der Waals surface area contributed by atoms with Gasteiger partial charge in [-0.2, -0.15) is 5.10 Å². The van der Waals surface area contributed by atoms with E-state index in [2.05, 4.69) is 15.7 Å². The summed E-state index contributed by atoms with van der Waals surface area (Å²) in [6.45, 7) is 2.46. The van der Waals surface area contributed by atoms with Crippen LogP contribution in [0.25, 0.3) is 0 Å². The standard InChI is InChI=1S/C12H21N5O/c1-16(2)9-12(18)15-10-7-14-17(8-10)11-3-5-13-6-4-11/h7-8,11,13H,3-6,9H2,1-2H3,(H,15,18). The molecule has 6 heteroatoms. The average Bonchev–Trinajstić information content (AvgIpc) is 2.77. The number of nitrogens with zero attached hydrogens (tertiary/aromatic N) is 3. The summed E-state index contributed by atoms with van der Waals surface area (Å²) in [5, 5.41) is 10.5. The van der Waals surface area contributed by atoms with Crippen molar-refractivity contribution in [2.24, 2.45) is 0 Å². The molecule has 2 rings (SSSR count). The van der Waals surface area contributed by atoms with Gasteiger partial charge in [0.2, 0.25) is 5.91 Å². The average molecular weight is 251 g/mol.